The van der Waals surface area contributed by atoms with Crippen LogP contribution in [0.15, 0.2) is 36.7 Å². The van der Waals surface area contributed by atoms with Gasteiger partial charge in [-0.1, -0.05) is 23.6 Å². The van der Waals surface area contributed by atoms with Crippen molar-refractivity contribution in [2.75, 3.05) is 0 Å². The molecule has 0 atom stereocenters. The van der Waals surface area contributed by atoms with Crippen molar-refractivity contribution in [1.82, 2.24) is 9.97 Å². The molecule has 2 heterocycles. The Morgan fingerprint density at radius 1 is 0.870 bits per heavy atom. The zero-order valence-electron chi connectivity index (χ0n) is 11.2. The van der Waals surface area contributed by atoms with E-state index in [0.717, 1.165) is 29.5 Å². The van der Waals surface area contributed by atoms with Crippen molar-refractivity contribution in [3.63, 3.8) is 0 Å². The summed E-state index contributed by atoms with van der Waals surface area (Å²) in [4.78, 5) is 27.0. The molecule has 0 aromatic carbocycles. The molecule has 10 nitrogen and oxygen atoms in total. The zero-order chi connectivity index (χ0) is 17.1. The minimum absolute atomic E-state index is 0. The fraction of sp³-hybridized carbons (Fsp3) is 0. The van der Waals surface area contributed by atoms with Crippen LogP contribution in [0.4, 0.5) is 0 Å². The maximum absolute atomic E-state index is 10.6. The quantitative estimate of drug-likeness (QED) is 0.657. The molecular weight excluding hydrogens is 351 g/mol. The average Bonchev–Trinajstić information content (AvgIpc) is 2.50. The number of nitrogens with zero attached hydrogens (tertiary/aromatic N) is 2. The van der Waals surface area contributed by atoms with Gasteiger partial charge in [-0.15, -0.1) is 0 Å². The predicted octanol–water partition coefficient (Wildman–Crippen LogP) is -1.24. The van der Waals surface area contributed by atoms with E-state index in [1.807, 2.05) is 0 Å². The fourth-order valence-electron chi connectivity index (χ4n) is 1.10. The standard InChI is InChI=1S/2C6H5NO3.H2O.O.V/c2*8-4-2-1-3-7-5(4)6(9)10;;;/h2*1-3,8H,(H,9,10);1H2;;/q;;;;+2/p-2. The van der Waals surface area contributed by atoms with E-state index >= 15 is 0 Å². The SMILES string of the molecule is O.O=C(O)c1ncccc1[O-].O=C(O)c1ncccc1[O-].[O]=[V+2]. The summed E-state index contributed by atoms with van der Waals surface area (Å²) in [6, 6.07) is 5.12. The zero-order valence-corrected chi connectivity index (χ0v) is 12.6. The Morgan fingerprint density at radius 3 is 1.35 bits per heavy atom. The second-order valence-corrected chi connectivity index (χ2v) is 3.31. The van der Waals surface area contributed by atoms with Crippen LogP contribution < -0.4 is 10.2 Å². The molecule has 11 heteroatoms. The van der Waals surface area contributed by atoms with Crippen LogP contribution in [-0.2, 0) is 21.0 Å². The van der Waals surface area contributed by atoms with Crippen molar-refractivity contribution in [3.05, 3.63) is 48.0 Å². The molecular formula is C12H10N2O8V. The molecule has 23 heavy (non-hydrogen) atoms. The van der Waals surface area contributed by atoms with E-state index in [1.165, 1.54) is 24.5 Å². The van der Waals surface area contributed by atoms with Crippen LogP contribution in [0.5, 0.6) is 11.5 Å². The van der Waals surface area contributed by atoms with Gasteiger partial charge in [0.25, 0.3) is 0 Å². The summed E-state index contributed by atoms with van der Waals surface area (Å²) in [5.74, 6) is -3.69. The molecule has 0 fully saturated rings. The van der Waals surface area contributed by atoms with Gasteiger partial charge in [0.05, 0.1) is 0 Å². The van der Waals surface area contributed by atoms with Crippen LogP contribution in [0, 0.1) is 0 Å². The van der Waals surface area contributed by atoms with E-state index in [9.17, 15) is 19.8 Å². The second kappa shape index (κ2) is 11.8. The first-order valence-electron chi connectivity index (χ1n) is 5.32. The molecule has 2 aromatic heterocycles. The molecule has 0 bridgehead atoms. The average molecular weight is 361 g/mol. The van der Waals surface area contributed by atoms with Gasteiger partial charge in [-0.2, -0.15) is 0 Å². The third-order valence-corrected chi connectivity index (χ3v) is 1.95. The number of carboxylic acids is 2. The molecule has 0 spiro atoms. The first-order chi connectivity index (χ1) is 10.4. The van der Waals surface area contributed by atoms with Crippen molar-refractivity contribution in [2.24, 2.45) is 0 Å². The summed E-state index contributed by atoms with van der Waals surface area (Å²) in [5.41, 5.74) is -0.856. The topological polar surface area (TPSA) is 195 Å². The number of carbonyl (C=O) groups is 2. The molecule has 0 amide bonds. The number of aromatic nitrogens is 2. The van der Waals surface area contributed by atoms with Crippen molar-refractivity contribution in [1.29, 1.82) is 0 Å². The normalized spacial score (nSPS) is 8.26. The van der Waals surface area contributed by atoms with Gasteiger partial charge in [0, 0.05) is 12.4 Å². The molecule has 0 aliphatic heterocycles. The van der Waals surface area contributed by atoms with Crippen LogP contribution in [0.3, 0.4) is 0 Å². The van der Waals surface area contributed by atoms with Gasteiger partial charge in [0.2, 0.25) is 0 Å². The molecule has 4 N–H and O–H groups in total. The third kappa shape index (κ3) is 7.67. The van der Waals surface area contributed by atoms with Crippen LogP contribution in [0.25, 0.3) is 0 Å². The molecule has 0 aliphatic carbocycles. The van der Waals surface area contributed by atoms with E-state index in [4.69, 9.17) is 13.9 Å². The molecule has 2 rings (SSSR count). The molecule has 0 aliphatic rings. The van der Waals surface area contributed by atoms with E-state index in [1.54, 1.807) is 0 Å². The molecule has 0 saturated heterocycles. The van der Waals surface area contributed by atoms with E-state index in [2.05, 4.69) is 9.97 Å². The Balaban J connectivity index is 0. The third-order valence-electron chi connectivity index (χ3n) is 1.95. The Labute approximate surface area is 138 Å². The summed E-state index contributed by atoms with van der Waals surface area (Å²) in [7, 11) is 0. The van der Waals surface area contributed by atoms with Gasteiger partial charge in [0.15, 0.2) is 0 Å². The first-order valence-corrected chi connectivity index (χ1v) is 5.89. The number of carboxylic acid groups (broad SMARTS) is 2. The Morgan fingerprint density at radius 2 is 1.17 bits per heavy atom. The van der Waals surface area contributed by atoms with Gasteiger partial charge in [-0.25, -0.2) is 19.6 Å². The van der Waals surface area contributed by atoms with Crippen LogP contribution >= 0.6 is 0 Å². The van der Waals surface area contributed by atoms with Crippen molar-refractivity contribution in [2.45, 2.75) is 0 Å². The predicted molar refractivity (Wildman–Crippen MR) is 65.6 cm³/mol. The molecule has 0 unspecified atom stereocenters. The summed E-state index contributed by atoms with van der Waals surface area (Å²) in [5, 5.41) is 37.8. The van der Waals surface area contributed by atoms with Crippen molar-refractivity contribution in [3.8, 4) is 11.5 Å². The summed E-state index contributed by atoms with van der Waals surface area (Å²) < 4.78 is 8.19. The molecule has 2 aromatic rings. The summed E-state index contributed by atoms with van der Waals surface area (Å²) >= 11 is 1.06. The molecule has 121 valence electrons. The Hall–Kier alpha value is -2.82. The Kier molecular flexibility index (Phi) is 11.5. The molecule has 0 radical (unpaired) electrons. The van der Waals surface area contributed by atoms with Crippen LogP contribution in [-0.4, -0.2) is 37.6 Å². The fourth-order valence-corrected chi connectivity index (χ4v) is 1.10. The van der Waals surface area contributed by atoms with Gasteiger partial charge in [0.1, 0.15) is 11.4 Å². The maximum atomic E-state index is 10.6. The van der Waals surface area contributed by atoms with E-state index in [-0.39, 0.29) is 5.48 Å². The van der Waals surface area contributed by atoms with Gasteiger partial charge in [-0.3, -0.25) is 0 Å². The second-order valence-electron chi connectivity index (χ2n) is 3.31. The monoisotopic (exact) mass is 361 g/mol. The molecule has 0 saturated carbocycles. The number of rotatable bonds is 2. The van der Waals surface area contributed by atoms with Crippen LogP contribution in [0.1, 0.15) is 21.0 Å². The van der Waals surface area contributed by atoms with E-state index < -0.39 is 34.8 Å². The van der Waals surface area contributed by atoms with Gasteiger partial charge < -0.3 is 25.9 Å². The number of aromatic carboxylic acids is 2. The Bertz CT molecular complexity index is 597. The number of hydrogen-bond acceptors (Lipinski definition) is 7. The number of pyridine rings is 2. The van der Waals surface area contributed by atoms with Crippen LogP contribution in [0.2, 0.25) is 0 Å². The van der Waals surface area contributed by atoms with Crippen molar-refractivity contribution < 1.29 is 56.5 Å². The summed E-state index contributed by atoms with van der Waals surface area (Å²) in [6.45, 7) is 0. The van der Waals surface area contributed by atoms with E-state index in [0.29, 0.717) is 0 Å². The summed E-state index contributed by atoms with van der Waals surface area (Å²) in [6.07, 6.45) is 2.54. The van der Waals surface area contributed by atoms with Crippen molar-refractivity contribution >= 4 is 11.9 Å². The van der Waals surface area contributed by atoms with Gasteiger partial charge >= 0.3 is 33.0 Å². The minimum atomic E-state index is -1.29. The first kappa shape index (κ1) is 22.5. The van der Waals surface area contributed by atoms with Gasteiger partial charge in [-0.05, 0) is 12.1 Å². The number of hydrogen-bond donors (Lipinski definition) is 2.